The highest BCUT2D eigenvalue weighted by atomic mass is 16.5. The van der Waals surface area contributed by atoms with Crippen molar-refractivity contribution in [3.63, 3.8) is 0 Å². The van der Waals surface area contributed by atoms with E-state index >= 15 is 0 Å². The Bertz CT molecular complexity index is 460. The first-order valence-electron chi connectivity index (χ1n) is 7.48. The first-order chi connectivity index (χ1) is 10.1. The van der Waals surface area contributed by atoms with Crippen molar-refractivity contribution >= 4 is 5.91 Å². The van der Waals surface area contributed by atoms with Gasteiger partial charge >= 0.3 is 0 Å². The van der Waals surface area contributed by atoms with Crippen LogP contribution in [0.15, 0.2) is 30.3 Å². The first-order valence-corrected chi connectivity index (χ1v) is 7.48. The summed E-state index contributed by atoms with van der Waals surface area (Å²) < 4.78 is 5.44. The van der Waals surface area contributed by atoms with E-state index in [1.165, 1.54) is 0 Å². The highest BCUT2D eigenvalue weighted by Crippen LogP contribution is 2.24. The second-order valence-electron chi connectivity index (χ2n) is 5.60. The Kier molecular flexibility index (Phi) is 5.33. The predicted octanol–water partition coefficient (Wildman–Crippen LogP) is 0.697. The number of benzene rings is 1. The molecular weight excluding hydrogens is 266 g/mol. The number of ether oxygens (including phenoxy) is 1. The standard InChI is InChI=1S/C16H25N3O2/c1-3-18-16(15(17)20,13-7-5-4-6-8-13)12-19(2)14-9-10-21-11-14/h4-8,14,18H,3,9-12H2,1-2H3,(H2,17,20). The number of rotatable bonds is 7. The fraction of sp³-hybridized carbons (Fsp3) is 0.562. The molecular formula is C16H25N3O2. The number of nitrogens with two attached hydrogens (primary N) is 1. The Balaban J connectivity index is 2.28. The van der Waals surface area contributed by atoms with Crippen LogP contribution in [-0.2, 0) is 15.1 Å². The molecule has 1 aliphatic rings. The lowest BCUT2D eigenvalue weighted by atomic mass is 9.87. The smallest absolute Gasteiger partial charge is 0.243 e. The number of likely N-dealkylation sites (N-methyl/N-ethyl adjacent to an activating group) is 2. The first kappa shape index (κ1) is 15.9. The molecule has 1 amide bonds. The van der Waals surface area contributed by atoms with Crippen LogP contribution >= 0.6 is 0 Å². The van der Waals surface area contributed by atoms with Gasteiger partial charge in [0.15, 0.2) is 0 Å². The zero-order chi connectivity index (χ0) is 15.3. The van der Waals surface area contributed by atoms with Crippen LogP contribution in [0.25, 0.3) is 0 Å². The minimum absolute atomic E-state index is 0.339. The van der Waals surface area contributed by atoms with E-state index in [9.17, 15) is 4.79 Å². The number of carbonyl (C=O) groups excluding carboxylic acids is 1. The molecule has 0 saturated carbocycles. The molecule has 2 rings (SSSR count). The maximum Gasteiger partial charge on any atom is 0.243 e. The number of nitrogens with zero attached hydrogens (tertiary/aromatic N) is 1. The Morgan fingerprint density at radius 1 is 1.48 bits per heavy atom. The molecule has 0 aromatic heterocycles. The Labute approximate surface area is 126 Å². The maximum absolute atomic E-state index is 12.3. The molecule has 1 aliphatic heterocycles. The molecule has 116 valence electrons. The van der Waals surface area contributed by atoms with Gasteiger partial charge in [-0.2, -0.15) is 0 Å². The number of primary amides is 1. The Morgan fingerprint density at radius 2 is 2.19 bits per heavy atom. The lowest BCUT2D eigenvalue weighted by Gasteiger charge is -2.37. The zero-order valence-electron chi connectivity index (χ0n) is 12.8. The van der Waals surface area contributed by atoms with Gasteiger partial charge in [-0.25, -0.2) is 0 Å². The quantitative estimate of drug-likeness (QED) is 0.776. The van der Waals surface area contributed by atoms with Crippen LogP contribution in [0.5, 0.6) is 0 Å². The number of nitrogens with one attached hydrogen (secondary N) is 1. The molecule has 1 fully saturated rings. The van der Waals surface area contributed by atoms with Crippen LogP contribution < -0.4 is 11.1 Å². The monoisotopic (exact) mass is 291 g/mol. The molecule has 3 N–H and O–H groups in total. The molecule has 0 radical (unpaired) electrons. The average molecular weight is 291 g/mol. The lowest BCUT2D eigenvalue weighted by Crippen LogP contribution is -2.59. The predicted molar refractivity (Wildman–Crippen MR) is 82.8 cm³/mol. The summed E-state index contributed by atoms with van der Waals surface area (Å²) in [6.45, 7) is 4.69. The fourth-order valence-electron chi connectivity index (χ4n) is 2.95. The largest absolute Gasteiger partial charge is 0.380 e. The van der Waals surface area contributed by atoms with E-state index in [1.54, 1.807) is 0 Å². The third-order valence-corrected chi connectivity index (χ3v) is 4.18. The highest BCUT2D eigenvalue weighted by molar-refractivity contribution is 5.86. The van der Waals surface area contributed by atoms with Crippen LogP contribution in [0.4, 0.5) is 0 Å². The second kappa shape index (κ2) is 7.02. The summed E-state index contributed by atoms with van der Waals surface area (Å²) in [5, 5.41) is 3.31. The highest BCUT2D eigenvalue weighted by Gasteiger charge is 2.40. The van der Waals surface area contributed by atoms with Crippen molar-refractivity contribution in [2.45, 2.75) is 24.9 Å². The van der Waals surface area contributed by atoms with Crippen molar-refractivity contribution in [3.05, 3.63) is 35.9 Å². The molecule has 1 aromatic rings. The van der Waals surface area contributed by atoms with Gasteiger partial charge in [-0.1, -0.05) is 37.3 Å². The van der Waals surface area contributed by atoms with E-state index in [-0.39, 0.29) is 5.91 Å². The van der Waals surface area contributed by atoms with Gasteiger partial charge < -0.3 is 10.5 Å². The molecule has 5 nitrogen and oxygen atoms in total. The van der Waals surface area contributed by atoms with Crippen molar-refractivity contribution in [2.24, 2.45) is 5.73 Å². The van der Waals surface area contributed by atoms with Gasteiger partial charge in [0, 0.05) is 19.2 Å². The van der Waals surface area contributed by atoms with Crippen molar-refractivity contribution < 1.29 is 9.53 Å². The normalized spacial score (nSPS) is 21.4. The number of hydrogen-bond donors (Lipinski definition) is 2. The van der Waals surface area contributed by atoms with Gasteiger partial charge in [0.2, 0.25) is 5.91 Å². The van der Waals surface area contributed by atoms with E-state index < -0.39 is 5.54 Å². The van der Waals surface area contributed by atoms with Crippen molar-refractivity contribution in [2.75, 3.05) is 33.4 Å². The van der Waals surface area contributed by atoms with Crippen LogP contribution in [0.1, 0.15) is 18.9 Å². The van der Waals surface area contributed by atoms with E-state index in [4.69, 9.17) is 10.5 Å². The van der Waals surface area contributed by atoms with Crippen LogP contribution in [0.2, 0.25) is 0 Å². The lowest BCUT2D eigenvalue weighted by molar-refractivity contribution is -0.125. The fourth-order valence-corrected chi connectivity index (χ4v) is 2.95. The molecule has 2 atom stereocenters. The summed E-state index contributed by atoms with van der Waals surface area (Å²) in [6.07, 6.45) is 0.992. The number of amides is 1. The minimum Gasteiger partial charge on any atom is -0.380 e. The van der Waals surface area contributed by atoms with Gasteiger partial charge in [0.05, 0.1) is 6.61 Å². The molecule has 1 aromatic carbocycles. The molecule has 2 unspecified atom stereocenters. The van der Waals surface area contributed by atoms with E-state index in [0.717, 1.165) is 18.6 Å². The zero-order valence-corrected chi connectivity index (χ0v) is 12.8. The van der Waals surface area contributed by atoms with Gasteiger partial charge in [-0.3, -0.25) is 15.0 Å². The summed E-state index contributed by atoms with van der Waals surface area (Å²) in [5.41, 5.74) is 5.82. The van der Waals surface area contributed by atoms with E-state index in [1.807, 2.05) is 44.3 Å². The van der Waals surface area contributed by atoms with Gasteiger partial charge in [-0.05, 0) is 25.6 Å². The van der Waals surface area contributed by atoms with Gasteiger partial charge in [0.1, 0.15) is 5.54 Å². The molecule has 0 bridgehead atoms. The average Bonchev–Trinajstić information content (AvgIpc) is 3.01. The third-order valence-electron chi connectivity index (χ3n) is 4.18. The SMILES string of the molecule is CCNC(CN(C)C1CCOC1)(C(N)=O)c1ccccc1. The summed E-state index contributed by atoms with van der Waals surface area (Å²) >= 11 is 0. The summed E-state index contributed by atoms with van der Waals surface area (Å²) in [7, 11) is 2.03. The minimum atomic E-state index is -0.868. The van der Waals surface area contributed by atoms with Crippen LogP contribution in [0, 0.1) is 0 Å². The van der Waals surface area contributed by atoms with E-state index in [0.29, 0.717) is 25.7 Å². The van der Waals surface area contributed by atoms with Gasteiger partial charge in [0.25, 0.3) is 0 Å². The topological polar surface area (TPSA) is 67.6 Å². The molecule has 5 heteroatoms. The molecule has 0 spiro atoms. The van der Waals surface area contributed by atoms with Crippen LogP contribution in [0.3, 0.4) is 0 Å². The maximum atomic E-state index is 12.3. The molecule has 21 heavy (non-hydrogen) atoms. The van der Waals surface area contributed by atoms with E-state index in [2.05, 4.69) is 10.2 Å². The summed E-state index contributed by atoms with van der Waals surface area (Å²) in [6, 6.07) is 10.0. The number of hydrogen-bond acceptors (Lipinski definition) is 4. The Morgan fingerprint density at radius 3 is 2.71 bits per heavy atom. The Hall–Kier alpha value is -1.43. The van der Waals surface area contributed by atoms with Crippen molar-refractivity contribution in [1.82, 2.24) is 10.2 Å². The third kappa shape index (κ3) is 3.43. The van der Waals surface area contributed by atoms with Crippen LogP contribution in [-0.4, -0.2) is 50.2 Å². The summed E-state index contributed by atoms with van der Waals surface area (Å²) in [4.78, 5) is 14.4. The van der Waals surface area contributed by atoms with Gasteiger partial charge in [-0.15, -0.1) is 0 Å². The summed E-state index contributed by atoms with van der Waals surface area (Å²) in [5.74, 6) is -0.346. The number of carbonyl (C=O) groups is 1. The van der Waals surface area contributed by atoms with Crippen molar-refractivity contribution in [1.29, 1.82) is 0 Å². The molecule has 1 heterocycles. The molecule has 1 saturated heterocycles. The van der Waals surface area contributed by atoms with Crippen molar-refractivity contribution in [3.8, 4) is 0 Å². The second-order valence-corrected chi connectivity index (χ2v) is 5.60. The molecule has 0 aliphatic carbocycles.